The average molecular weight is 506 g/mol. The smallest absolute Gasteiger partial charge is 0.348 e. The molecule has 0 unspecified atom stereocenters. The number of fused-ring (bicyclic) bond motifs is 3. The van der Waals surface area contributed by atoms with Crippen molar-refractivity contribution in [3.63, 3.8) is 0 Å². The number of thiophene rings is 2. The summed E-state index contributed by atoms with van der Waals surface area (Å²) in [4.78, 5) is 49.0. The lowest BCUT2D eigenvalue weighted by molar-refractivity contribution is -0.113. The summed E-state index contributed by atoms with van der Waals surface area (Å²) in [6, 6.07) is 0. The van der Waals surface area contributed by atoms with E-state index >= 15 is 0 Å². The molecule has 0 spiro atoms. The number of anilines is 1. The van der Waals surface area contributed by atoms with Gasteiger partial charge in [-0.15, -0.1) is 22.7 Å². The van der Waals surface area contributed by atoms with Crippen molar-refractivity contribution in [1.29, 1.82) is 0 Å². The second-order valence-electron chi connectivity index (χ2n) is 7.25. The predicted molar refractivity (Wildman–Crippen MR) is 130 cm³/mol. The van der Waals surface area contributed by atoms with Crippen molar-refractivity contribution in [2.75, 3.05) is 24.3 Å². The minimum atomic E-state index is -0.587. The fraction of sp³-hybridized carbons (Fsp3) is 0.409. The number of carbonyl (C=O) groups excluding carboxylic acids is 3. The number of aromatic nitrogens is 2. The monoisotopic (exact) mass is 505 g/mol. The minimum absolute atomic E-state index is 0.102. The van der Waals surface area contributed by atoms with Gasteiger partial charge in [0.15, 0.2) is 0 Å². The van der Waals surface area contributed by atoms with Crippen molar-refractivity contribution >= 4 is 67.5 Å². The van der Waals surface area contributed by atoms with Crippen LogP contribution in [0.1, 0.15) is 56.3 Å². The third kappa shape index (κ3) is 4.75. The van der Waals surface area contributed by atoms with Gasteiger partial charge in [-0.25, -0.2) is 19.6 Å². The second kappa shape index (κ2) is 10.2. The first-order valence-electron chi connectivity index (χ1n) is 10.6. The van der Waals surface area contributed by atoms with Crippen LogP contribution in [0.3, 0.4) is 0 Å². The molecule has 8 nitrogen and oxygen atoms in total. The summed E-state index contributed by atoms with van der Waals surface area (Å²) in [5.74, 6) is -1.32. The number of nitrogens with zero attached hydrogens (tertiary/aromatic N) is 2. The van der Waals surface area contributed by atoms with E-state index in [1.807, 2.05) is 0 Å². The van der Waals surface area contributed by atoms with Crippen LogP contribution in [-0.2, 0) is 27.1 Å². The first kappa shape index (κ1) is 23.7. The van der Waals surface area contributed by atoms with E-state index in [4.69, 9.17) is 9.47 Å². The van der Waals surface area contributed by atoms with Gasteiger partial charge in [-0.05, 0) is 51.2 Å². The van der Waals surface area contributed by atoms with Gasteiger partial charge in [0.2, 0.25) is 5.91 Å². The average Bonchev–Trinajstić information content (AvgIpc) is 3.45. The molecule has 1 aliphatic carbocycles. The summed E-state index contributed by atoms with van der Waals surface area (Å²) in [5.41, 5.74) is 1.92. The maximum Gasteiger partial charge on any atom is 0.348 e. The summed E-state index contributed by atoms with van der Waals surface area (Å²) in [6.07, 6.45) is 4.74. The highest BCUT2D eigenvalue weighted by Gasteiger charge is 2.27. The molecule has 3 aromatic rings. The number of amides is 1. The third-order valence-electron chi connectivity index (χ3n) is 5.15. The molecule has 0 saturated heterocycles. The SMILES string of the molecule is CCOC(=O)c1sc(NC(=O)CSc2ncnc3sc4c(c23)CCC4)c(C(=O)OCC)c1C. The van der Waals surface area contributed by atoms with Crippen LogP contribution < -0.4 is 5.32 Å². The van der Waals surface area contributed by atoms with E-state index in [1.165, 1.54) is 28.5 Å². The topological polar surface area (TPSA) is 107 Å². The quantitative estimate of drug-likeness (QED) is 0.268. The lowest BCUT2D eigenvalue weighted by Crippen LogP contribution is -2.16. The number of rotatable bonds is 8. The molecule has 0 aliphatic heterocycles. The zero-order chi connectivity index (χ0) is 23.5. The molecule has 0 aromatic carbocycles. The normalized spacial score (nSPS) is 12.6. The van der Waals surface area contributed by atoms with Gasteiger partial charge in [-0.1, -0.05) is 11.8 Å². The van der Waals surface area contributed by atoms with E-state index < -0.39 is 11.9 Å². The Balaban J connectivity index is 1.54. The zero-order valence-corrected chi connectivity index (χ0v) is 20.9. The molecule has 33 heavy (non-hydrogen) atoms. The Bertz CT molecular complexity index is 1230. The fourth-order valence-electron chi connectivity index (χ4n) is 3.75. The van der Waals surface area contributed by atoms with Gasteiger partial charge < -0.3 is 14.8 Å². The van der Waals surface area contributed by atoms with Crippen molar-refractivity contribution in [3.8, 4) is 0 Å². The number of hydrogen-bond donors (Lipinski definition) is 1. The van der Waals surface area contributed by atoms with E-state index in [1.54, 1.807) is 32.1 Å². The molecule has 0 saturated carbocycles. The van der Waals surface area contributed by atoms with E-state index in [0.29, 0.717) is 5.56 Å². The Morgan fingerprint density at radius 3 is 2.61 bits per heavy atom. The van der Waals surface area contributed by atoms with Crippen LogP contribution in [0.2, 0.25) is 0 Å². The van der Waals surface area contributed by atoms with E-state index in [0.717, 1.165) is 45.8 Å². The standard InChI is InChI=1S/C22H23N3O5S3/c1-4-29-21(27)15-11(3)17(22(28)30-5-2)33-20(15)25-14(26)9-31-18-16-12-7-6-8-13(12)32-19(16)24-10-23-18/h10H,4-9H2,1-3H3,(H,25,26). The maximum atomic E-state index is 12.8. The Morgan fingerprint density at radius 2 is 1.85 bits per heavy atom. The number of ether oxygens (including phenoxy) is 2. The highest BCUT2D eigenvalue weighted by atomic mass is 32.2. The molecule has 3 heterocycles. The Kier molecular flexibility index (Phi) is 7.30. The Morgan fingerprint density at radius 1 is 1.09 bits per heavy atom. The van der Waals surface area contributed by atoms with Crippen LogP contribution in [0.25, 0.3) is 10.2 Å². The summed E-state index contributed by atoms with van der Waals surface area (Å²) in [7, 11) is 0. The third-order valence-corrected chi connectivity index (χ3v) is 8.52. The number of nitrogens with one attached hydrogen (secondary N) is 1. The van der Waals surface area contributed by atoms with Crippen molar-refractivity contribution in [1.82, 2.24) is 9.97 Å². The van der Waals surface area contributed by atoms with Gasteiger partial charge in [0.25, 0.3) is 0 Å². The summed E-state index contributed by atoms with van der Waals surface area (Å²) < 4.78 is 10.2. The number of thioether (sulfide) groups is 1. The van der Waals surface area contributed by atoms with Crippen molar-refractivity contribution in [3.05, 3.63) is 32.8 Å². The Hall–Kier alpha value is -2.50. The van der Waals surface area contributed by atoms with Crippen LogP contribution >= 0.6 is 34.4 Å². The molecular weight excluding hydrogens is 482 g/mol. The number of carbonyl (C=O) groups is 3. The summed E-state index contributed by atoms with van der Waals surface area (Å²) in [5, 5.41) is 4.90. The molecule has 11 heteroatoms. The van der Waals surface area contributed by atoms with Gasteiger partial charge in [0.05, 0.1) is 24.5 Å². The molecule has 0 radical (unpaired) electrons. The summed E-state index contributed by atoms with van der Waals surface area (Å²) in [6.45, 7) is 5.45. The van der Waals surface area contributed by atoms with Crippen molar-refractivity contribution in [2.45, 2.75) is 45.1 Å². The number of esters is 2. The molecule has 3 aromatic heterocycles. The Labute approximate surface area is 203 Å². The number of aryl methyl sites for hydroxylation is 2. The fourth-order valence-corrected chi connectivity index (χ4v) is 6.97. The molecule has 174 valence electrons. The molecule has 1 aliphatic rings. The van der Waals surface area contributed by atoms with E-state index in [9.17, 15) is 14.4 Å². The van der Waals surface area contributed by atoms with Crippen LogP contribution in [-0.4, -0.2) is 46.8 Å². The zero-order valence-electron chi connectivity index (χ0n) is 18.5. The van der Waals surface area contributed by atoms with Gasteiger partial charge in [0.1, 0.15) is 26.1 Å². The van der Waals surface area contributed by atoms with Gasteiger partial charge in [0, 0.05) is 10.3 Å². The van der Waals surface area contributed by atoms with E-state index in [2.05, 4.69) is 15.3 Å². The molecule has 0 bridgehead atoms. The highest BCUT2D eigenvalue weighted by Crippen LogP contribution is 2.40. The first-order valence-corrected chi connectivity index (χ1v) is 13.2. The van der Waals surface area contributed by atoms with Crippen LogP contribution in [0, 0.1) is 6.92 Å². The minimum Gasteiger partial charge on any atom is -0.462 e. The van der Waals surface area contributed by atoms with Crippen LogP contribution in [0.5, 0.6) is 0 Å². The van der Waals surface area contributed by atoms with Gasteiger partial charge >= 0.3 is 11.9 Å². The summed E-state index contributed by atoms with van der Waals surface area (Å²) >= 11 is 4.06. The lowest BCUT2D eigenvalue weighted by Gasteiger charge is -2.07. The van der Waals surface area contributed by atoms with Crippen LogP contribution in [0.4, 0.5) is 5.00 Å². The largest absolute Gasteiger partial charge is 0.462 e. The van der Waals surface area contributed by atoms with Crippen LogP contribution in [0.15, 0.2) is 11.4 Å². The van der Waals surface area contributed by atoms with E-state index in [-0.39, 0.29) is 40.3 Å². The van der Waals surface area contributed by atoms with Crippen molar-refractivity contribution in [2.24, 2.45) is 0 Å². The van der Waals surface area contributed by atoms with Gasteiger partial charge in [-0.3, -0.25) is 4.79 Å². The lowest BCUT2D eigenvalue weighted by atomic mass is 10.1. The van der Waals surface area contributed by atoms with Gasteiger partial charge in [-0.2, -0.15) is 0 Å². The molecule has 0 fully saturated rings. The molecule has 4 rings (SSSR count). The maximum absolute atomic E-state index is 12.8. The first-order chi connectivity index (χ1) is 15.9. The molecule has 0 atom stereocenters. The highest BCUT2D eigenvalue weighted by molar-refractivity contribution is 8.00. The molecular formula is C22H23N3O5S3. The number of hydrogen-bond acceptors (Lipinski definition) is 10. The van der Waals surface area contributed by atoms with Crippen molar-refractivity contribution < 1.29 is 23.9 Å². The molecule has 1 amide bonds. The molecule has 1 N–H and O–H groups in total. The predicted octanol–water partition coefficient (Wildman–Crippen LogP) is 4.63. The second-order valence-corrected chi connectivity index (χ2v) is 10.3.